The third-order valence-electron chi connectivity index (χ3n) is 5.06. The second-order valence-electron chi connectivity index (χ2n) is 8.37. The summed E-state index contributed by atoms with van der Waals surface area (Å²) in [6.45, 7) is 11.9. The zero-order chi connectivity index (χ0) is 27.8. The molecule has 0 spiro atoms. The molecule has 0 heterocycles. The van der Waals surface area contributed by atoms with E-state index in [1.165, 1.54) is 0 Å². The SMILES string of the molecule is CCOCCOCCOCCOCCOCCOCCOCCOCCNC(=O)CCCCCN(C)CO. The second kappa shape index (κ2) is 32.3. The first-order valence-corrected chi connectivity index (χ1v) is 13.9. The Bertz CT molecular complexity index is 477. The molecule has 0 radical (unpaired) electrons. The van der Waals surface area contributed by atoms with Gasteiger partial charge in [-0.2, -0.15) is 0 Å². The molecule has 0 aromatic rings. The number of unbranched alkanes of at least 4 members (excludes halogenated alkanes) is 2. The van der Waals surface area contributed by atoms with Gasteiger partial charge in [0, 0.05) is 19.6 Å². The van der Waals surface area contributed by atoms with Gasteiger partial charge in [-0.3, -0.25) is 9.69 Å². The summed E-state index contributed by atoms with van der Waals surface area (Å²) in [5.41, 5.74) is 0. The molecule has 0 bridgehead atoms. The molecule has 0 aromatic carbocycles. The lowest BCUT2D eigenvalue weighted by atomic mass is 10.2. The summed E-state index contributed by atoms with van der Waals surface area (Å²) in [6.07, 6.45) is 3.33. The van der Waals surface area contributed by atoms with Crippen molar-refractivity contribution in [2.75, 3.05) is 133 Å². The van der Waals surface area contributed by atoms with Crippen LogP contribution in [0.5, 0.6) is 0 Å². The lowest BCUT2D eigenvalue weighted by Gasteiger charge is -2.12. The van der Waals surface area contributed by atoms with Crippen molar-refractivity contribution in [3.05, 3.63) is 0 Å². The van der Waals surface area contributed by atoms with Crippen molar-refractivity contribution in [3.63, 3.8) is 0 Å². The molecule has 38 heavy (non-hydrogen) atoms. The van der Waals surface area contributed by atoms with Crippen LogP contribution in [0.25, 0.3) is 0 Å². The summed E-state index contributed by atoms with van der Waals surface area (Å²) in [6, 6.07) is 0. The van der Waals surface area contributed by atoms with Gasteiger partial charge in [0.25, 0.3) is 0 Å². The molecule has 0 fully saturated rings. The van der Waals surface area contributed by atoms with Crippen molar-refractivity contribution in [1.29, 1.82) is 0 Å². The van der Waals surface area contributed by atoms with Gasteiger partial charge in [0.2, 0.25) is 5.91 Å². The van der Waals surface area contributed by atoms with E-state index < -0.39 is 0 Å². The normalized spacial score (nSPS) is 11.5. The van der Waals surface area contributed by atoms with E-state index in [1.54, 1.807) is 0 Å². The Morgan fingerprint density at radius 1 is 0.605 bits per heavy atom. The molecule has 0 rings (SSSR count). The number of aliphatic hydroxyl groups is 1. The van der Waals surface area contributed by atoms with Crippen LogP contribution in [0.15, 0.2) is 0 Å². The number of ether oxygens (including phenoxy) is 8. The highest BCUT2D eigenvalue weighted by Crippen LogP contribution is 2.00. The molecule has 0 aliphatic heterocycles. The lowest BCUT2D eigenvalue weighted by molar-refractivity contribution is -0.121. The lowest BCUT2D eigenvalue weighted by Crippen LogP contribution is -2.27. The minimum absolute atomic E-state index is 0.0467. The summed E-state index contributed by atoms with van der Waals surface area (Å²) in [4.78, 5) is 13.6. The largest absolute Gasteiger partial charge is 0.381 e. The average molecular weight is 555 g/mol. The van der Waals surface area contributed by atoms with Crippen molar-refractivity contribution in [3.8, 4) is 0 Å². The van der Waals surface area contributed by atoms with Gasteiger partial charge in [-0.05, 0) is 33.4 Å². The number of nitrogens with zero attached hydrogens (tertiary/aromatic N) is 1. The van der Waals surface area contributed by atoms with Crippen LogP contribution in [0.2, 0.25) is 0 Å². The molecule has 228 valence electrons. The van der Waals surface area contributed by atoms with E-state index in [0.29, 0.717) is 119 Å². The van der Waals surface area contributed by atoms with Gasteiger partial charge in [0.1, 0.15) is 0 Å². The number of aliphatic hydroxyl groups excluding tert-OH is 1. The second-order valence-corrected chi connectivity index (χ2v) is 8.37. The maximum absolute atomic E-state index is 11.7. The Kier molecular flexibility index (Phi) is 31.5. The molecule has 1 amide bonds. The fraction of sp³-hybridized carbons (Fsp3) is 0.962. The van der Waals surface area contributed by atoms with Crippen LogP contribution in [0, 0.1) is 0 Å². The van der Waals surface area contributed by atoms with Gasteiger partial charge < -0.3 is 48.3 Å². The predicted molar refractivity (Wildman–Crippen MR) is 143 cm³/mol. The molecule has 12 heteroatoms. The summed E-state index contributed by atoms with van der Waals surface area (Å²) < 4.78 is 43.2. The monoisotopic (exact) mass is 554 g/mol. The Morgan fingerprint density at radius 2 is 1.00 bits per heavy atom. The van der Waals surface area contributed by atoms with Crippen molar-refractivity contribution in [2.24, 2.45) is 0 Å². The van der Waals surface area contributed by atoms with E-state index in [-0.39, 0.29) is 12.6 Å². The van der Waals surface area contributed by atoms with Crippen LogP contribution in [0.1, 0.15) is 32.6 Å². The predicted octanol–water partition coefficient (Wildman–Crippen LogP) is 0.697. The third kappa shape index (κ3) is 31.3. The Morgan fingerprint density at radius 3 is 1.39 bits per heavy atom. The van der Waals surface area contributed by atoms with Crippen LogP contribution in [-0.2, 0) is 42.7 Å². The fourth-order valence-electron chi connectivity index (χ4n) is 2.95. The highest BCUT2D eigenvalue weighted by Gasteiger charge is 2.01. The van der Waals surface area contributed by atoms with Gasteiger partial charge in [-0.1, -0.05) is 6.42 Å². The molecule has 0 aliphatic rings. The first kappa shape index (κ1) is 37.1. The van der Waals surface area contributed by atoms with Crippen LogP contribution in [0.4, 0.5) is 0 Å². The van der Waals surface area contributed by atoms with Gasteiger partial charge >= 0.3 is 0 Å². The number of carbonyl (C=O) groups excluding carboxylic acids is 1. The minimum atomic E-state index is 0.0467. The molecule has 0 saturated carbocycles. The highest BCUT2D eigenvalue weighted by atomic mass is 16.6. The van der Waals surface area contributed by atoms with Crippen molar-refractivity contribution in [1.82, 2.24) is 10.2 Å². The standard InChI is InChI=1S/C26H54N2O10/c1-3-31-11-12-33-15-16-35-19-20-37-23-24-38-22-21-36-18-17-34-14-13-32-10-8-27-26(30)7-5-4-6-9-28(2)25-29/h29H,3-25H2,1-2H3,(H,27,30). The number of rotatable bonds is 32. The summed E-state index contributed by atoms with van der Waals surface area (Å²) in [5, 5.41) is 11.8. The molecule has 0 unspecified atom stereocenters. The molecule has 0 atom stereocenters. The summed E-state index contributed by atoms with van der Waals surface area (Å²) in [5.74, 6) is 0.0467. The minimum Gasteiger partial charge on any atom is -0.381 e. The zero-order valence-electron chi connectivity index (χ0n) is 23.8. The third-order valence-corrected chi connectivity index (χ3v) is 5.06. The molecular formula is C26H54N2O10. The van der Waals surface area contributed by atoms with Gasteiger partial charge in [0.15, 0.2) is 0 Å². The van der Waals surface area contributed by atoms with Gasteiger partial charge in [-0.25, -0.2) is 0 Å². The van der Waals surface area contributed by atoms with Crippen molar-refractivity contribution in [2.45, 2.75) is 32.6 Å². The first-order chi connectivity index (χ1) is 18.7. The van der Waals surface area contributed by atoms with Crippen LogP contribution in [-0.4, -0.2) is 148 Å². The zero-order valence-corrected chi connectivity index (χ0v) is 23.8. The Hall–Kier alpha value is -0.930. The van der Waals surface area contributed by atoms with Crippen LogP contribution >= 0.6 is 0 Å². The molecule has 2 N–H and O–H groups in total. The van der Waals surface area contributed by atoms with E-state index in [2.05, 4.69) is 5.32 Å². The van der Waals surface area contributed by atoms with E-state index in [0.717, 1.165) is 25.8 Å². The molecular weight excluding hydrogens is 500 g/mol. The molecule has 12 nitrogen and oxygen atoms in total. The average Bonchev–Trinajstić information content (AvgIpc) is 2.92. The number of amides is 1. The topological polar surface area (TPSA) is 126 Å². The first-order valence-electron chi connectivity index (χ1n) is 13.9. The van der Waals surface area contributed by atoms with E-state index in [4.69, 9.17) is 43.0 Å². The fourth-order valence-corrected chi connectivity index (χ4v) is 2.95. The van der Waals surface area contributed by atoms with Gasteiger partial charge in [0.05, 0.1) is 106 Å². The maximum Gasteiger partial charge on any atom is 0.220 e. The van der Waals surface area contributed by atoms with E-state index >= 15 is 0 Å². The van der Waals surface area contributed by atoms with E-state index in [1.807, 2.05) is 18.9 Å². The van der Waals surface area contributed by atoms with E-state index in [9.17, 15) is 4.79 Å². The van der Waals surface area contributed by atoms with Crippen molar-refractivity contribution >= 4 is 5.91 Å². The molecule has 0 aromatic heterocycles. The van der Waals surface area contributed by atoms with Crippen molar-refractivity contribution < 1.29 is 47.8 Å². The molecule has 0 saturated heterocycles. The summed E-state index contributed by atoms with van der Waals surface area (Å²) in [7, 11) is 1.87. The van der Waals surface area contributed by atoms with Crippen LogP contribution < -0.4 is 5.32 Å². The molecule has 0 aliphatic carbocycles. The number of carbonyl (C=O) groups is 1. The maximum atomic E-state index is 11.7. The van der Waals surface area contributed by atoms with Crippen LogP contribution in [0.3, 0.4) is 0 Å². The summed E-state index contributed by atoms with van der Waals surface area (Å²) >= 11 is 0. The Balaban J connectivity index is 3.12. The number of nitrogens with one attached hydrogen (secondary N) is 1. The quantitative estimate of drug-likeness (QED) is 0.0901. The smallest absolute Gasteiger partial charge is 0.220 e. The van der Waals surface area contributed by atoms with Gasteiger partial charge in [-0.15, -0.1) is 0 Å². The Labute approximate surface area is 229 Å². The number of hydrogen-bond acceptors (Lipinski definition) is 11. The highest BCUT2D eigenvalue weighted by molar-refractivity contribution is 5.75. The number of hydrogen-bond donors (Lipinski definition) is 2.